The van der Waals surface area contributed by atoms with E-state index in [4.69, 9.17) is 0 Å². The van der Waals surface area contributed by atoms with E-state index in [0.29, 0.717) is 16.7 Å². The van der Waals surface area contributed by atoms with E-state index in [1.165, 1.54) is 54.5 Å². The van der Waals surface area contributed by atoms with E-state index >= 15 is 0 Å². The Kier molecular flexibility index (Phi) is 6.56. The first-order valence-electron chi connectivity index (χ1n) is 8.11. The van der Waals surface area contributed by atoms with Crippen LogP contribution in [0.5, 0.6) is 0 Å². The second-order valence-electron chi connectivity index (χ2n) is 5.93. The molecule has 0 fully saturated rings. The van der Waals surface area contributed by atoms with E-state index in [-0.39, 0.29) is 5.82 Å². The number of rotatable bonds is 5. The number of hydrogen-bond donors (Lipinski definition) is 0. The van der Waals surface area contributed by atoms with Gasteiger partial charge in [-0.25, -0.2) is 14.2 Å². The van der Waals surface area contributed by atoms with Gasteiger partial charge in [0, 0.05) is 25.7 Å². The van der Waals surface area contributed by atoms with Gasteiger partial charge in [-0.3, -0.25) is 0 Å². The molecule has 1 aromatic heterocycles. The van der Waals surface area contributed by atoms with Crippen LogP contribution in [0.2, 0.25) is 0 Å². The van der Waals surface area contributed by atoms with Gasteiger partial charge in [0.1, 0.15) is 17.3 Å². The standard InChI is InChI=1S/C20H18F4N2O2/c1-26(2)19-16(11-12-17(25-19)20(22,23)24)15(5-4-6-18(27)28-3)13-7-9-14(21)10-8-13/h4-12H,1-3H3/b6-4+,15-5-. The molecule has 0 amide bonds. The highest BCUT2D eigenvalue weighted by Gasteiger charge is 2.33. The molecule has 0 spiro atoms. The fraction of sp³-hybridized carbons (Fsp3) is 0.200. The van der Waals surface area contributed by atoms with Crippen molar-refractivity contribution in [2.75, 3.05) is 26.1 Å². The number of aromatic nitrogens is 1. The summed E-state index contributed by atoms with van der Waals surface area (Å²) in [4.78, 5) is 16.5. The zero-order valence-electron chi connectivity index (χ0n) is 15.4. The number of alkyl halides is 3. The van der Waals surface area contributed by atoms with Gasteiger partial charge < -0.3 is 9.64 Å². The minimum Gasteiger partial charge on any atom is -0.466 e. The Morgan fingerprint density at radius 1 is 1.11 bits per heavy atom. The average molecular weight is 394 g/mol. The molecule has 1 aromatic carbocycles. The molecule has 4 nitrogen and oxygen atoms in total. The molecular weight excluding hydrogens is 376 g/mol. The van der Waals surface area contributed by atoms with Crippen molar-refractivity contribution < 1.29 is 27.1 Å². The summed E-state index contributed by atoms with van der Waals surface area (Å²) >= 11 is 0. The number of hydrogen-bond acceptors (Lipinski definition) is 4. The Balaban J connectivity index is 2.65. The first-order valence-corrected chi connectivity index (χ1v) is 8.11. The summed E-state index contributed by atoms with van der Waals surface area (Å²) in [5, 5.41) is 0. The Bertz CT molecular complexity index is 901. The Morgan fingerprint density at radius 3 is 2.29 bits per heavy atom. The zero-order valence-corrected chi connectivity index (χ0v) is 15.4. The molecule has 2 aromatic rings. The van der Waals surface area contributed by atoms with Gasteiger partial charge in [0.15, 0.2) is 0 Å². The Hall–Kier alpha value is -3.16. The molecule has 0 saturated carbocycles. The molecule has 0 aliphatic rings. The number of nitrogens with zero attached hydrogens (tertiary/aromatic N) is 2. The summed E-state index contributed by atoms with van der Waals surface area (Å²) < 4.78 is 57.0. The van der Waals surface area contributed by atoms with Gasteiger partial charge in [-0.15, -0.1) is 0 Å². The number of halogens is 4. The highest BCUT2D eigenvalue weighted by atomic mass is 19.4. The molecule has 1 heterocycles. The molecule has 0 atom stereocenters. The van der Waals surface area contributed by atoms with Gasteiger partial charge in [-0.05, 0) is 35.4 Å². The fourth-order valence-corrected chi connectivity index (χ4v) is 2.42. The summed E-state index contributed by atoms with van der Waals surface area (Å²) in [6.07, 6.45) is -0.493. The van der Waals surface area contributed by atoms with Crippen LogP contribution >= 0.6 is 0 Å². The quantitative estimate of drug-likeness (QED) is 0.325. The number of anilines is 1. The highest BCUT2D eigenvalue weighted by Crippen LogP contribution is 2.34. The number of ether oxygens (including phenoxy) is 1. The molecule has 0 N–H and O–H groups in total. The van der Waals surface area contributed by atoms with Crippen molar-refractivity contribution in [2.45, 2.75) is 6.18 Å². The average Bonchev–Trinajstić information content (AvgIpc) is 2.64. The first kappa shape index (κ1) is 21.1. The topological polar surface area (TPSA) is 42.4 Å². The fourth-order valence-electron chi connectivity index (χ4n) is 2.42. The number of pyridine rings is 1. The van der Waals surface area contributed by atoms with Crippen LogP contribution in [-0.2, 0) is 15.7 Å². The normalized spacial score (nSPS) is 12.3. The number of allylic oxidation sites excluding steroid dienone is 2. The minimum absolute atomic E-state index is 0.0804. The monoisotopic (exact) mass is 394 g/mol. The van der Waals surface area contributed by atoms with Crippen molar-refractivity contribution in [3.05, 3.63) is 77.3 Å². The number of benzene rings is 1. The number of methoxy groups -OCH3 is 1. The van der Waals surface area contributed by atoms with Crippen LogP contribution < -0.4 is 4.90 Å². The molecular formula is C20H18F4N2O2. The third kappa shape index (κ3) is 5.18. The maximum atomic E-state index is 13.3. The second kappa shape index (κ2) is 8.69. The van der Waals surface area contributed by atoms with Gasteiger partial charge in [-0.1, -0.05) is 24.3 Å². The second-order valence-corrected chi connectivity index (χ2v) is 5.93. The van der Waals surface area contributed by atoms with Crippen molar-refractivity contribution in [1.29, 1.82) is 0 Å². The summed E-state index contributed by atoms with van der Waals surface area (Å²) in [7, 11) is 4.36. The molecule has 148 valence electrons. The van der Waals surface area contributed by atoms with Crippen molar-refractivity contribution in [3.8, 4) is 0 Å². The molecule has 0 bridgehead atoms. The predicted molar refractivity (Wildman–Crippen MR) is 98.2 cm³/mol. The summed E-state index contributed by atoms with van der Waals surface area (Å²) in [6.45, 7) is 0. The van der Waals surface area contributed by atoms with E-state index in [1.807, 2.05) is 0 Å². The van der Waals surface area contributed by atoms with Crippen molar-refractivity contribution in [2.24, 2.45) is 0 Å². The van der Waals surface area contributed by atoms with E-state index < -0.39 is 23.7 Å². The van der Waals surface area contributed by atoms with E-state index in [1.54, 1.807) is 14.1 Å². The van der Waals surface area contributed by atoms with Crippen LogP contribution in [0, 0.1) is 5.82 Å². The number of carbonyl (C=O) groups is 1. The summed E-state index contributed by atoms with van der Waals surface area (Å²) in [6, 6.07) is 7.63. The van der Waals surface area contributed by atoms with Crippen LogP contribution in [0.25, 0.3) is 5.57 Å². The zero-order chi connectivity index (χ0) is 20.9. The lowest BCUT2D eigenvalue weighted by Gasteiger charge is -2.20. The number of esters is 1. The summed E-state index contributed by atoms with van der Waals surface area (Å²) in [5.74, 6) is -0.962. The molecule has 2 rings (SSSR count). The van der Waals surface area contributed by atoms with Crippen LogP contribution in [-0.4, -0.2) is 32.2 Å². The Morgan fingerprint density at radius 2 is 1.75 bits per heavy atom. The lowest BCUT2D eigenvalue weighted by molar-refractivity contribution is -0.141. The van der Waals surface area contributed by atoms with Crippen molar-refractivity contribution >= 4 is 17.4 Å². The van der Waals surface area contributed by atoms with Crippen molar-refractivity contribution in [3.63, 3.8) is 0 Å². The largest absolute Gasteiger partial charge is 0.466 e. The van der Waals surface area contributed by atoms with Crippen LogP contribution in [0.3, 0.4) is 0 Å². The van der Waals surface area contributed by atoms with Crippen LogP contribution in [0.4, 0.5) is 23.4 Å². The minimum atomic E-state index is -4.59. The maximum Gasteiger partial charge on any atom is 0.433 e. The molecule has 28 heavy (non-hydrogen) atoms. The van der Waals surface area contributed by atoms with Gasteiger partial charge in [0.05, 0.1) is 7.11 Å². The lowest BCUT2D eigenvalue weighted by Crippen LogP contribution is -2.17. The summed E-state index contributed by atoms with van der Waals surface area (Å²) in [5.41, 5.74) is 0.369. The molecule has 0 aliphatic heterocycles. The van der Waals surface area contributed by atoms with Crippen molar-refractivity contribution in [1.82, 2.24) is 4.98 Å². The smallest absolute Gasteiger partial charge is 0.433 e. The van der Waals surface area contributed by atoms with E-state index in [2.05, 4.69) is 9.72 Å². The SMILES string of the molecule is COC(=O)/C=C/C=C(/c1ccc(F)cc1)c1ccc(C(F)(F)F)nc1N(C)C. The predicted octanol–water partition coefficient (Wildman–Crippen LogP) is 4.47. The lowest BCUT2D eigenvalue weighted by atomic mass is 9.97. The van der Waals surface area contributed by atoms with Crippen LogP contribution in [0.15, 0.2) is 54.6 Å². The van der Waals surface area contributed by atoms with Gasteiger partial charge in [-0.2, -0.15) is 13.2 Å². The van der Waals surface area contributed by atoms with Gasteiger partial charge >= 0.3 is 12.1 Å². The first-order chi connectivity index (χ1) is 13.1. The molecule has 0 saturated heterocycles. The Labute approximate surface area is 159 Å². The third-order valence-electron chi connectivity index (χ3n) is 3.73. The highest BCUT2D eigenvalue weighted by molar-refractivity contribution is 5.87. The van der Waals surface area contributed by atoms with E-state index in [9.17, 15) is 22.4 Å². The molecule has 0 radical (unpaired) electrons. The molecule has 0 unspecified atom stereocenters. The van der Waals surface area contributed by atoms with Crippen LogP contribution in [0.1, 0.15) is 16.8 Å². The molecule has 8 heteroatoms. The maximum absolute atomic E-state index is 13.3. The third-order valence-corrected chi connectivity index (χ3v) is 3.73. The number of carbonyl (C=O) groups excluding carboxylic acids is 1. The molecule has 0 aliphatic carbocycles. The van der Waals surface area contributed by atoms with E-state index in [0.717, 1.165) is 12.1 Å². The van der Waals surface area contributed by atoms with Gasteiger partial charge in [0.2, 0.25) is 0 Å². The van der Waals surface area contributed by atoms with Gasteiger partial charge in [0.25, 0.3) is 0 Å².